The van der Waals surface area contributed by atoms with Crippen molar-refractivity contribution in [3.05, 3.63) is 65.0 Å². The van der Waals surface area contributed by atoms with Gasteiger partial charge in [0.05, 0.1) is 0 Å². The first-order chi connectivity index (χ1) is 16.2. The minimum Gasteiger partial charge on any atom is -0.356 e. The highest BCUT2D eigenvalue weighted by molar-refractivity contribution is 5.94. The number of para-hydroxylation sites is 1. The molecule has 34 heavy (non-hydrogen) atoms. The monoisotopic (exact) mass is 485 g/mol. The number of benzene rings is 2. The predicted octanol–water partition coefficient (Wildman–Crippen LogP) is 4.21. The summed E-state index contributed by atoms with van der Waals surface area (Å²) in [6.07, 6.45) is 2.19. The number of amides is 3. The van der Waals surface area contributed by atoms with E-state index >= 15 is 0 Å². The topological polar surface area (TPSA) is 87.3 Å². The normalized spacial score (nSPS) is 10.6. The van der Waals surface area contributed by atoms with Crippen LogP contribution in [-0.4, -0.2) is 30.8 Å². The molecular formula is C23H24F5N3O3. The van der Waals surface area contributed by atoms with Crippen molar-refractivity contribution in [2.45, 2.75) is 38.5 Å². The smallest absolute Gasteiger partial charge is 0.257 e. The largest absolute Gasteiger partial charge is 0.356 e. The number of carbonyl (C=O) groups excluding carboxylic acids is 3. The van der Waals surface area contributed by atoms with Crippen LogP contribution in [0.15, 0.2) is 30.3 Å². The van der Waals surface area contributed by atoms with Gasteiger partial charge in [0.2, 0.25) is 17.6 Å². The summed E-state index contributed by atoms with van der Waals surface area (Å²) in [5.74, 6) is -12.9. The summed E-state index contributed by atoms with van der Waals surface area (Å²) in [4.78, 5) is 35.4. The highest BCUT2D eigenvalue weighted by Crippen LogP contribution is 2.22. The fourth-order valence-corrected chi connectivity index (χ4v) is 2.98. The van der Waals surface area contributed by atoms with Gasteiger partial charge in [-0.1, -0.05) is 18.2 Å². The lowest BCUT2D eigenvalue weighted by Crippen LogP contribution is -2.28. The maximum atomic E-state index is 13.6. The Bertz CT molecular complexity index is 990. The van der Waals surface area contributed by atoms with Gasteiger partial charge in [0.15, 0.2) is 23.3 Å². The molecule has 0 spiro atoms. The summed E-state index contributed by atoms with van der Waals surface area (Å²) in [6.45, 7) is 0.260. The van der Waals surface area contributed by atoms with Gasteiger partial charge in [0, 0.05) is 31.6 Å². The molecule has 11 heteroatoms. The van der Waals surface area contributed by atoms with Crippen molar-refractivity contribution >= 4 is 23.4 Å². The Balaban J connectivity index is 1.57. The SMILES string of the molecule is O=C(CCCCNC(=O)c1c(F)c(F)c(F)c(F)c1F)NCCCCC(=O)Nc1ccccc1. The molecule has 0 aromatic heterocycles. The van der Waals surface area contributed by atoms with E-state index < -0.39 is 40.6 Å². The molecule has 0 aliphatic heterocycles. The molecule has 0 heterocycles. The van der Waals surface area contributed by atoms with Crippen LogP contribution in [0.4, 0.5) is 27.6 Å². The van der Waals surface area contributed by atoms with E-state index in [0.29, 0.717) is 37.9 Å². The van der Waals surface area contributed by atoms with Crippen LogP contribution in [0.1, 0.15) is 48.9 Å². The molecule has 0 fully saturated rings. The minimum absolute atomic E-state index is 0.118. The highest BCUT2D eigenvalue weighted by atomic mass is 19.2. The second kappa shape index (κ2) is 13.3. The van der Waals surface area contributed by atoms with Gasteiger partial charge < -0.3 is 16.0 Å². The zero-order chi connectivity index (χ0) is 25.1. The molecule has 0 saturated heterocycles. The third kappa shape index (κ3) is 7.82. The van der Waals surface area contributed by atoms with Gasteiger partial charge in [-0.2, -0.15) is 0 Å². The molecule has 0 radical (unpaired) electrons. The number of unbranched alkanes of at least 4 members (excludes halogenated alkanes) is 2. The number of halogens is 5. The molecule has 6 nitrogen and oxygen atoms in total. The van der Waals surface area contributed by atoms with Crippen molar-refractivity contribution in [1.82, 2.24) is 10.6 Å². The summed E-state index contributed by atoms with van der Waals surface area (Å²) in [6, 6.07) is 9.03. The summed E-state index contributed by atoms with van der Waals surface area (Å²) in [5.41, 5.74) is -0.837. The van der Waals surface area contributed by atoms with E-state index in [1.807, 2.05) is 18.2 Å². The van der Waals surface area contributed by atoms with Crippen LogP contribution in [-0.2, 0) is 9.59 Å². The minimum atomic E-state index is -2.34. The van der Waals surface area contributed by atoms with Gasteiger partial charge in [-0.3, -0.25) is 14.4 Å². The van der Waals surface area contributed by atoms with Crippen molar-refractivity contribution in [1.29, 1.82) is 0 Å². The molecule has 3 amide bonds. The molecule has 0 aliphatic rings. The first-order valence-corrected chi connectivity index (χ1v) is 10.6. The van der Waals surface area contributed by atoms with Crippen LogP contribution in [0, 0.1) is 29.1 Å². The highest BCUT2D eigenvalue weighted by Gasteiger charge is 2.29. The van der Waals surface area contributed by atoms with Crippen LogP contribution >= 0.6 is 0 Å². The number of hydrogen-bond acceptors (Lipinski definition) is 3. The van der Waals surface area contributed by atoms with Crippen molar-refractivity contribution in [3.63, 3.8) is 0 Å². The molecule has 2 aromatic carbocycles. The van der Waals surface area contributed by atoms with Crippen molar-refractivity contribution in [3.8, 4) is 0 Å². The molecule has 0 saturated carbocycles. The Kier molecular flexibility index (Phi) is 10.4. The molecule has 0 atom stereocenters. The van der Waals surface area contributed by atoms with Crippen LogP contribution in [0.2, 0.25) is 0 Å². The Morgan fingerprint density at radius 1 is 0.618 bits per heavy atom. The van der Waals surface area contributed by atoms with Gasteiger partial charge in [0.25, 0.3) is 5.91 Å². The van der Waals surface area contributed by atoms with E-state index in [4.69, 9.17) is 0 Å². The van der Waals surface area contributed by atoms with Crippen molar-refractivity contribution < 1.29 is 36.3 Å². The maximum Gasteiger partial charge on any atom is 0.257 e. The fourth-order valence-electron chi connectivity index (χ4n) is 2.98. The van der Waals surface area contributed by atoms with Crippen LogP contribution in [0.25, 0.3) is 0 Å². The second-order valence-corrected chi connectivity index (χ2v) is 7.38. The van der Waals surface area contributed by atoms with Gasteiger partial charge in [-0.15, -0.1) is 0 Å². The fraction of sp³-hybridized carbons (Fsp3) is 0.348. The number of rotatable bonds is 12. The first-order valence-electron chi connectivity index (χ1n) is 10.6. The lowest BCUT2D eigenvalue weighted by Gasteiger charge is -2.09. The number of nitrogens with one attached hydrogen (secondary N) is 3. The van der Waals surface area contributed by atoms with Gasteiger partial charge in [0.1, 0.15) is 5.56 Å². The Morgan fingerprint density at radius 3 is 1.71 bits per heavy atom. The molecular weight excluding hydrogens is 461 g/mol. The number of hydrogen-bond donors (Lipinski definition) is 3. The second-order valence-electron chi connectivity index (χ2n) is 7.38. The third-order valence-electron chi connectivity index (χ3n) is 4.76. The zero-order valence-corrected chi connectivity index (χ0v) is 18.2. The molecule has 2 aromatic rings. The summed E-state index contributed by atoms with van der Waals surface area (Å²) >= 11 is 0. The standard InChI is InChI=1S/C23H24F5N3O3/c24-18-17(19(25)21(27)22(28)20(18)26)23(34)30-13-7-4-10-15(32)29-12-6-5-11-16(33)31-14-8-2-1-3-9-14/h1-3,8-9H,4-7,10-13H2,(H,29,32)(H,30,34)(H,31,33). The lowest BCUT2D eigenvalue weighted by molar-refractivity contribution is -0.121. The number of carbonyl (C=O) groups is 3. The van der Waals surface area contributed by atoms with E-state index in [2.05, 4.69) is 16.0 Å². The van der Waals surface area contributed by atoms with E-state index in [9.17, 15) is 36.3 Å². The van der Waals surface area contributed by atoms with E-state index in [1.54, 1.807) is 12.1 Å². The van der Waals surface area contributed by atoms with E-state index in [0.717, 1.165) is 0 Å². The van der Waals surface area contributed by atoms with Crippen molar-refractivity contribution in [2.24, 2.45) is 0 Å². The van der Waals surface area contributed by atoms with Gasteiger partial charge in [-0.25, -0.2) is 22.0 Å². The van der Waals surface area contributed by atoms with E-state index in [1.165, 1.54) is 0 Å². The summed E-state index contributed by atoms with van der Waals surface area (Å²) in [7, 11) is 0. The summed E-state index contributed by atoms with van der Waals surface area (Å²) in [5, 5.41) is 7.52. The van der Waals surface area contributed by atoms with Gasteiger partial charge in [-0.05, 0) is 37.8 Å². The van der Waals surface area contributed by atoms with Crippen molar-refractivity contribution in [2.75, 3.05) is 18.4 Å². The Morgan fingerprint density at radius 2 is 1.12 bits per heavy atom. The molecule has 0 bridgehead atoms. The zero-order valence-electron chi connectivity index (χ0n) is 18.2. The maximum absolute atomic E-state index is 13.6. The molecule has 2 rings (SSSR count). The molecule has 184 valence electrons. The average Bonchev–Trinajstić information content (AvgIpc) is 2.81. The molecule has 0 aliphatic carbocycles. The Hall–Kier alpha value is -3.50. The van der Waals surface area contributed by atoms with Crippen LogP contribution < -0.4 is 16.0 Å². The Labute approximate surface area is 192 Å². The lowest BCUT2D eigenvalue weighted by atomic mass is 10.1. The third-order valence-corrected chi connectivity index (χ3v) is 4.76. The summed E-state index contributed by atoms with van der Waals surface area (Å²) < 4.78 is 66.5. The van der Waals surface area contributed by atoms with Crippen LogP contribution in [0.3, 0.4) is 0 Å². The first kappa shape index (κ1) is 26.7. The quantitative estimate of drug-likeness (QED) is 0.182. The van der Waals surface area contributed by atoms with Gasteiger partial charge >= 0.3 is 0 Å². The van der Waals surface area contributed by atoms with E-state index in [-0.39, 0.29) is 31.2 Å². The van der Waals surface area contributed by atoms with Crippen LogP contribution in [0.5, 0.6) is 0 Å². The predicted molar refractivity (Wildman–Crippen MR) is 114 cm³/mol. The average molecular weight is 485 g/mol. The molecule has 3 N–H and O–H groups in total. The number of anilines is 1. The molecule has 0 unspecified atom stereocenters.